The average Bonchev–Trinajstić information content (AvgIpc) is 3.61. The van der Waals surface area contributed by atoms with Crippen molar-refractivity contribution in [1.82, 2.24) is 14.9 Å². The lowest BCUT2D eigenvalue weighted by Crippen LogP contribution is -2.42. The van der Waals surface area contributed by atoms with Gasteiger partial charge in [0.2, 0.25) is 11.8 Å². The predicted molar refractivity (Wildman–Crippen MR) is 171 cm³/mol. The number of aliphatic hydroxyl groups is 1. The summed E-state index contributed by atoms with van der Waals surface area (Å²) in [5.74, 6) is -0.968. The van der Waals surface area contributed by atoms with Crippen molar-refractivity contribution in [2.24, 2.45) is 17.3 Å². The van der Waals surface area contributed by atoms with Crippen molar-refractivity contribution < 1.29 is 32.9 Å². The first-order valence-corrected chi connectivity index (χ1v) is 15.3. The van der Waals surface area contributed by atoms with Crippen molar-refractivity contribution in [1.29, 1.82) is 0 Å². The van der Waals surface area contributed by atoms with Gasteiger partial charge in [0, 0.05) is 30.1 Å². The number of aliphatic hydroxyl groups excluding tert-OH is 1. The quantitative estimate of drug-likeness (QED) is 0.142. The standard InChI is InChI=1S/C34H39F2N5O5/c1-6-41(7-2)14-15-45-30-18-27-25(17-29(30)44-5)31(38-19-37-27)46-28-13-12-24(16-26(28)36)40-33(43)34(20(3)21(34)4)32(42)39-23-10-8-22(35)9-11-23/h8-13,16-21,32,39,42H,6-7,14-15H2,1-5H3,(H,40,43)/t20-,21-,32?/m1/s1. The number of benzene rings is 3. The molecule has 12 heteroatoms. The smallest absolute Gasteiger partial charge is 0.235 e. The minimum Gasteiger partial charge on any atom is -0.493 e. The fourth-order valence-corrected chi connectivity index (χ4v) is 5.89. The summed E-state index contributed by atoms with van der Waals surface area (Å²) in [5.41, 5.74) is 0.00941. The first-order valence-electron chi connectivity index (χ1n) is 15.3. The Morgan fingerprint density at radius 2 is 1.67 bits per heavy atom. The normalized spacial score (nSPS) is 19.5. The van der Waals surface area contributed by atoms with Gasteiger partial charge in [0.1, 0.15) is 25.0 Å². The number of likely N-dealkylation sites (N-methyl/N-ethyl adjacent to an activating group) is 1. The molecule has 244 valence electrons. The molecule has 1 aromatic heterocycles. The van der Waals surface area contributed by atoms with Crippen molar-refractivity contribution >= 4 is 28.2 Å². The molecule has 5 rings (SSSR count). The number of rotatable bonds is 14. The topological polar surface area (TPSA) is 118 Å². The van der Waals surface area contributed by atoms with E-state index in [1.807, 2.05) is 13.8 Å². The number of carbonyl (C=O) groups is 1. The fraction of sp³-hybridized carbons (Fsp3) is 0.382. The molecule has 4 aromatic rings. The number of fused-ring (bicyclic) bond motifs is 1. The van der Waals surface area contributed by atoms with Gasteiger partial charge in [-0.1, -0.05) is 27.7 Å². The van der Waals surface area contributed by atoms with E-state index in [1.54, 1.807) is 12.1 Å². The van der Waals surface area contributed by atoms with Crippen LogP contribution in [0.1, 0.15) is 27.7 Å². The van der Waals surface area contributed by atoms with Crippen LogP contribution in [0.25, 0.3) is 10.9 Å². The molecule has 1 saturated carbocycles. The number of hydrogen-bond donors (Lipinski definition) is 3. The molecule has 0 bridgehead atoms. The van der Waals surface area contributed by atoms with Crippen LogP contribution in [0, 0.1) is 28.9 Å². The largest absolute Gasteiger partial charge is 0.493 e. The third-order valence-electron chi connectivity index (χ3n) is 8.98. The van der Waals surface area contributed by atoms with E-state index in [-0.39, 0.29) is 29.2 Å². The van der Waals surface area contributed by atoms with Gasteiger partial charge in [-0.05, 0) is 67.4 Å². The summed E-state index contributed by atoms with van der Waals surface area (Å²) in [6.45, 7) is 11.0. The molecule has 1 heterocycles. The number of methoxy groups -OCH3 is 1. The van der Waals surface area contributed by atoms with E-state index in [4.69, 9.17) is 14.2 Å². The zero-order chi connectivity index (χ0) is 33.0. The maximum Gasteiger partial charge on any atom is 0.235 e. The Bertz CT molecular complexity index is 1680. The van der Waals surface area contributed by atoms with Gasteiger partial charge in [-0.3, -0.25) is 4.79 Å². The summed E-state index contributed by atoms with van der Waals surface area (Å²) in [6.07, 6.45) is 0.0608. The molecule has 46 heavy (non-hydrogen) atoms. The van der Waals surface area contributed by atoms with E-state index in [9.17, 15) is 14.3 Å². The minimum absolute atomic E-state index is 0.114. The molecule has 1 aliphatic rings. The summed E-state index contributed by atoms with van der Waals surface area (Å²) >= 11 is 0. The highest BCUT2D eigenvalue weighted by atomic mass is 19.1. The van der Waals surface area contributed by atoms with Gasteiger partial charge in [0.15, 0.2) is 23.1 Å². The number of anilines is 2. The number of hydrogen-bond acceptors (Lipinski definition) is 9. The summed E-state index contributed by atoms with van der Waals surface area (Å²) < 4.78 is 46.1. The maximum atomic E-state index is 15.3. The van der Waals surface area contributed by atoms with E-state index < -0.39 is 29.2 Å². The van der Waals surface area contributed by atoms with E-state index in [0.29, 0.717) is 34.7 Å². The van der Waals surface area contributed by atoms with Gasteiger partial charge in [-0.15, -0.1) is 0 Å². The van der Waals surface area contributed by atoms with Gasteiger partial charge in [0.25, 0.3) is 0 Å². The van der Waals surface area contributed by atoms with Crippen LogP contribution in [0.4, 0.5) is 20.2 Å². The van der Waals surface area contributed by atoms with Crippen molar-refractivity contribution in [3.63, 3.8) is 0 Å². The molecular weight excluding hydrogens is 596 g/mol. The van der Waals surface area contributed by atoms with Crippen LogP contribution in [-0.2, 0) is 4.79 Å². The van der Waals surface area contributed by atoms with Crippen molar-refractivity contribution in [2.45, 2.75) is 33.9 Å². The Labute approximate surface area is 266 Å². The third-order valence-corrected chi connectivity index (χ3v) is 8.98. The number of nitrogens with one attached hydrogen (secondary N) is 2. The number of halogens is 2. The molecule has 1 unspecified atom stereocenters. The van der Waals surface area contributed by atoms with E-state index >= 15 is 4.39 Å². The molecule has 10 nitrogen and oxygen atoms in total. The van der Waals surface area contributed by atoms with E-state index in [0.717, 1.165) is 25.7 Å². The van der Waals surface area contributed by atoms with Gasteiger partial charge < -0.3 is 34.9 Å². The lowest BCUT2D eigenvalue weighted by atomic mass is 9.97. The van der Waals surface area contributed by atoms with E-state index in [1.165, 1.54) is 49.8 Å². The first-order chi connectivity index (χ1) is 22.1. The summed E-state index contributed by atoms with van der Waals surface area (Å²) in [7, 11) is 1.53. The molecule has 0 saturated heterocycles. The predicted octanol–water partition coefficient (Wildman–Crippen LogP) is 6.07. The fourth-order valence-electron chi connectivity index (χ4n) is 5.89. The Kier molecular flexibility index (Phi) is 9.88. The average molecular weight is 636 g/mol. The minimum atomic E-state index is -1.26. The van der Waals surface area contributed by atoms with Gasteiger partial charge >= 0.3 is 0 Å². The van der Waals surface area contributed by atoms with Crippen molar-refractivity contribution in [2.75, 3.05) is 44.0 Å². The highest BCUT2D eigenvalue weighted by molar-refractivity contribution is 5.99. The summed E-state index contributed by atoms with van der Waals surface area (Å²) in [6, 6.07) is 12.9. The van der Waals surface area contributed by atoms with Gasteiger partial charge in [0.05, 0.1) is 23.4 Å². The van der Waals surface area contributed by atoms with Crippen LogP contribution >= 0.6 is 0 Å². The Hall–Kier alpha value is -4.55. The summed E-state index contributed by atoms with van der Waals surface area (Å²) in [4.78, 5) is 24.3. The highest BCUT2D eigenvalue weighted by Crippen LogP contribution is 2.61. The second-order valence-electron chi connectivity index (χ2n) is 11.3. The second-order valence-corrected chi connectivity index (χ2v) is 11.3. The summed E-state index contributed by atoms with van der Waals surface area (Å²) in [5, 5.41) is 17.2. The molecule has 0 spiro atoms. The van der Waals surface area contributed by atoms with Gasteiger partial charge in [-0.2, -0.15) is 0 Å². The van der Waals surface area contributed by atoms with Crippen LogP contribution in [0.5, 0.6) is 23.1 Å². The molecule has 3 aromatic carbocycles. The van der Waals surface area contributed by atoms with Crippen LogP contribution < -0.4 is 24.8 Å². The maximum absolute atomic E-state index is 15.3. The lowest BCUT2D eigenvalue weighted by Gasteiger charge is -2.25. The Balaban J connectivity index is 1.30. The van der Waals surface area contributed by atoms with Crippen LogP contribution in [0.2, 0.25) is 0 Å². The molecule has 3 atom stereocenters. The van der Waals surface area contributed by atoms with Crippen molar-refractivity contribution in [3.8, 4) is 23.1 Å². The van der Waals surface area contributed by atoms with Gasteiger partial charge in [-0.25, -0.2) is 18.7 Å². The zero-order valence-corrected chi connectivity index (χ0v) is 26.5. The number of nitrogens with zero attached hydrogens (tertiary/aromatic N) is 3. The van der Waals surface area contributed by atoms with E-state index in [2.05, 4.69) is 39.3 Å². The van der Waals surface area contributed by atoms with Crippen LogP contribution in [0.15, 0.2) is 60.9 Å². The number of amides is 1. The third kappa shape index (κ3) is 6.54. The molecule has 0 aliphatic heterocycles. The molecule has 1 fully saturated rings. The molecule has 1 aliphatic carbocycles. The Morgan fingerprint density at radius 1 is 0.978 bits per heavy atom. The number of ether oxygens (including phenoxy) is 3. The van der Waals surface area contributed by atoms with Crippen molar-refractivity contribution in [3.05, 3.63) is 72.6 Å². The number of carbonyl (C=O) groups excluding carboxylic acids is 1. The number of aromatic nitrogens is 2. The van der Waals surface area contributed by atoms with Crippen LogP contribution in [-0.4, -0.2) is 65.5 Å². The first kappa shape index (κ1) is 32.8. The molecular formula is C34H39F2N5O5. The van der Waals surface area contributed by atoms with Crippen LogP contribution in [0.3, 0.4) is 0 Å². The molecule has 1 amide bonds. The highest BCUT2D eigenvalue weighted by Gasteiger charge is 2.69. The zero-order valence-electron chi connectivity index (χ0n) is 26.5. The Morgan fingerprint density at radius 3 is 2.30 bits per heavy atom. The molecule has 3 N–H and O–H groups in total. The lowest BCUT2D eigenvalue weighted by molar-refractivity contribution is -0.125. The monoisotopic (exact) mass is 635 g/mol. The second kappa shape index (κ2) is 13.8. The molecule has 0 radical (unpaired) electrons. The SMILES string of the molecule is CCN(CC)CCOc1cc2ncnc(Oc3ccc(NC(=O)C4(C(O)Nc5ccc(F)cc5)[C@H](C)[C@H]4C)cc3F)c2cc1OC.